The van der Waals surface area contributed by atoms with Gasteiger partial charge in [0.1, 0.15) is 0 Å². The van der Waals surface area contributed by atoms with Crippen molar-refractivity contribution in [3.63, 3.8) is 0 Å². The van der Waals surface area contributed by atoms with Gasteiger partial charge in [0, 0.05) is 5.02 Å². The Hall–Kier alpha value is -1.71. The van der Waals surface area contributed by atoms with Crippen LogP contribution in [-0.2, 0) is 0 Å². The molecular formula is C17H20ClNO2. The van der Waals surface area contributed by atoms with Gasteiger partial charge >= 0.3 is 0 Å². The van der Waals surface area contributed by atoms with Crippen LogP contribution in [-0.4, -0.2) is 20.8 Å². The maximum absolute atomic E-state index is 5.97. The topological polar surface area (TPSA) is 30.5 Å². The Morgan fingerprint density at radius 1 is 0.952 bits per heavy atom. The van der Waals surface area contributed by atoms with Gasteiger partial charge in [-0.3, -0.25) is 0 Å². The SMILES string of the molecule is CCNC(c1ccc(Cl)cc1)c1ccc(OC)c(OC)c1. The van der Waals surface area contributed by atoms with E-state index in [9.17, 15) is 0 Å². The first-order valence-corrected chi connectivity index (χ1v) is 7.28. The zero-order valence-corrected chi connectivity index (χ0v) is 13.3. The van der Waals surface area contributed by atoms with Gasteiger partial charge in [0.25, 0.3) is 0 Å². The van der Waals surface area contributed by atoms with E-state index in [4.69, 9.17) is 21.1 Å². The number of rotatable bonds is 6. The average Bonchev–Trinajstić information content (AvgIpc) is 2.53. The van der Waals surface area contributed by atoms with E-state index >= 15 is 0 Å². The van der Waals surface area contributed by atoms with Gasteiger partial charge in [-0.2, -0.15) is 0 Å². The van der Waals surface area contributed by atoms with Crippen molar-refractivity contribution in [2.24, 2.45) is 0 Å². The third-order valence-corrected chi connectivity index (χ3v) is 3.60. The maximum Gasteiger partial charge on any atom is 0.161 e. The van der Waals surface area contributed by atoms with E-state index in [1.54, 1.807) is 14.2 Å². The molecule has 2 rings (SSSR count). The number of ether oxygens (including phenoxy) is 2. The molecule has 1 atom stereocenters. The van der Waals surface area contributed by atoms with Gasteiger partial charge in [0.15, 0.2) is 11.5 Å². The van der Waals surface area contributed by atoms with Crippen LogP contribution in [0.2, 0.25) is 5.02 Å². The molecule has 4 heteroatoms. The summed E-state index contributed by atoms with van der Waals surface area (Å²) in [6.07, 6.45) is 0. The first kappa shape index (κ1) is 15.7. The van der Waals surface area contributed by atoms with E-state index in [-0.39, 0.29) is 6.04 Å². The highest BCUT2D eigenvalue weighted by Crippen LogP contribution is 2.32. The summed E-state index contributed by atoms with van der Waals surface area (Å²) in [5.74, 6) is 1.46. The summed E-state index contributed by atoms with van der Waals surface area (Å²) in [5, 5.41) is 4.22. The summed E-state index contributed by atoms with van der Waals surface area (Å²) in [6, 6.07) is 13.9. The lowest BCUT2D eigenvalue weighted by molar-refractivity contribution is 0.354. The number of benzene rings is 2. The molecule has 2 aromatic rings. The molecule has 1 unspecified atom stereocenters. The van der Waals surface area contributed by atoms with Crippen LogP contribution >= 0.6 is 11.6 Å². The van der Waals surface area contributed by atoms with Crippen LogP contribution in [0.4, 0.5) is 0 Å². The van der Waals surface area contributed by atoms with E-state index in [2.05, 4.69) is 12.2 Å². The van der Waals surface area contributed by atoms with Gasteiger partial charge in [0.2, 0.25) is 0 Å². The second-order valence-electron chi connectivity index (χ2n) is 4.66. The van der Waals surface area contributed by atoms with Gasteiger partial charge in [-0.05, 0) is 41.9 Å². The Kier molecular flexibility index (Phi) is 5.48. The minimum atomic E-state index is 0.0899. The molecule has 0 amide bonds. The number of nitrogens with one attached hydrogen (secondary N) is 1. The Labute approximate surface area is 130 Å². The predicted octanol–water partition coefficient (Wildman–Crippen LogP) is 4.06. The average molecular weight is 306 g/mol. The fourth-order valence-corrected chi connectivity index (χ4v) is 2.45. The second-order valence-corrected chi connectivity index (χ2v) is 5.09. The maximum atomic E-state index is 5.97. The Morgan fingerprint density at radius 2 is 1.57 bits per heavy atom. The van der Waals surface area contributed by atoms with Crippen LogP contribution in [0.1, 0.15) is 24.1 Å². The minimum Gasteiger partial charge on any atom is -0.493 e. The molecule has 0 aliphatic rings. The lowest BCUT2D eigenvalue weighted by atomic mass is 9.98. The Morgan fingerprint density at radius 3 is 2.14 bits per heavy atom. The normalized spacial score (nSPS) is 12.0. The number of hydrogen-bond donors (Lipinski definition) is 1. The van der Waals surface area contributed by atoms with Crippen LogP contribution in [0, 0.1) is 0 Å². The van der Waals surface area contributed by atoms with Gasteiger partial charge in [-0.25, -0.2) is 0 Å². The summed E-state index contributed by atoms with van der Waals surface area (Å²) >= 11 is 5.97. The van der Waals surface area contributed by atoms with Crippen molar-refractivity contribution in [2.75, 3.05) is 20.8 Å². The molecule has 0 heterocycles. The quantitative estimate of drug-likeness (QED) is 0.873. The van der Waals surface area contributed by atoms with E-state index in [1.807, 2.05) is 42.5 Å². The van der Waals surface area contributed by atoms with Gasteiger partial charge in [0.05, 0.1) is 20.3 Å². The summed E-state index contributed by atoms with van der Waals surface area (Å²) in [4.78, 5) is 0. The Balaban J connectivity index is 2.40. The molecular weight excluding hydrogens is 286 g/mol. The van der Waals surface area contributed by atoms with Gasteiger partial charge in [-0.1, -0.05) is 36.7 Å². The molecule has 21 heavy (non-hydrogen) atoms. The van der Waals surface area contributed by atoms with Crippen molar-refractivity contribution in [1.82, 2.24) is 5.32 Å². The molecule has 0 fully saturated rings. The summed E-state index contributed by atoms with van der Waals surface area (Å²) < 4.78 is 10.7. The molecule has 1 N–H and O–H groups in total. The van der Waals surface area contributed by atoms with Crippen LogP contribution in [0.5, 0.6) is 11.5 Å². The number of halogens is 1. The summed E-state index contributed by atoms with van der Waals surface area (Å²) in [6.45, 7) is 2.95. The minimum absolute atomic E-state index is 0.0899. The predicted molar refractivity (Wildman–Crippen MR) is 86.5 cm³/mol. The monoisotopic (exact) mass is 305 g/mol. The van der Waals surface area contributed by atoms with E-state index in [0.29, 0.717) is 0 Å². The Bertz CT molecular complexity index is 584. The third-order valence-electron chi connectivity index (χ3n) is 3.35. The van der Waals surface area contributed by atoms with Gasteiger partial charge < -0.3 is 14.8 Å². The lowest BCUT2D eigenvalue weighted by Gasteiger charge is -2.20. The smallest absolute Gasteiger partial charge is 0.161 e. The van der Waals surface area contributed by atoms with Crippen molar-refractivity contribution in [2.45, 2.75) is 13.0 Å². The molecule has 0 aliphatic heterocycles. The highest BCUT2D eigenvalue weighted by molar-refractivity contribution is 6.30. The summed E-state index contributed by atoms with van der Waals surface area (Å²) in [5.41, 5.74) is 2.28. The molecule has 0 saturated carbocycles. The number of hydrogen-bond acceptors (Lipinski definition) is 3. The highest BCUT2D eigenvalue weighted by atomic mass is 35.5. The van der Waals surface area contributed by atoms with Crippen molar-refractivity contribution in [1.29, 1.82) is 0 Å². The molecule has 3 nitrogen and oxygen atoms in total. The fraction of sp³-hybridized carbons (Fsp3) is 0.294. The number of methoxy groups -OCH3 is 2. The molecule has 112 valence electrons. The summed E-state index contributed by atoms with van der Waals surface area (Å²) in [7, 11) is 3.28. The van der Waals surface area contributed by atoms with Crippen molar-refractivity contribution in [3.05, 3.63) is 58.6 Å². The van der Waals surface area contributed by atoms with E-state index < -0.39 is 0 Å². The molecule has 0 saturated heterocycles. The van der Waals surface area contributed by atoms with Gasteiger partial charge in [-0.15, -0.1) is 0 Å². The van der Waals surface area contributed by atoms with Crippen molar-refractivity contribution >= 4 is 11.6 Å². The van der Waals surface area contributed by atoms with Crippen LogP contribution < -0.4 is 14.8 Å². The molecule has 0 spiro atoms. The molecule has 2 aromatic carbocycles. The largest absolute Gasteiger partial charge is 0.493 e. The first-order chi connectivity index (χ1) is 10.2. The molecule has 0 radical (unpaired) electrons. The lowest BCUT2D eigenvalue weighted by Crippen LogP contribution is -2.22. The third kappa shape index (κ3) is 3.69. The van der Waals surface area contributed by atoms with Crippen LogP contribution in [0.3, 0.4) is 0 Å². The molecule has 0 bridgehead atoms. The molecule has 0 aliphatic carbocycles. The first-order valence-electron chi connectivity index (χ1n) is 6.90. The van der Waals surface area contributed by atoms with E-state index in [0.717, 1.165) is 34.2 Å². The molecule has 0 aromatic heterocycles. The van der Waals surface area contributed by atoms with Crippen LogP contribution in [0.15, 0.2) is 42.5 Å². The second kappa shape index (κ2) is 7.34. The zero-order chi connectivity index (χ0) is 15.2. The van der Waals surface area contributed by atoms with Crippen molar-refractivity contribution < 1.29 is 9.47 Å². The fourth-order valence-electron chi connectivity index (χ4n) is 2.32. The van der Waals surface area contributed by atoms with Crippen LogP contribution in [0.25, 0.3) is 0 Å². The zero-order valence-electron chi connectivity index (χ0n) is 12.5. The van der Waals surface area contributed by atoms with Crippen molar-refractivity contribution in [3.8, 4) is 11.5 Å². The highest BCUT2D eigenvalue weighted by Gasteiger charge is 2.15. The standard InChI is InChI=1S/C17H20ClNO2/c1-4-19-17(12-5-8-14(18)9-6-12)13-7-10-15(20-2)16(11-13)21-3/h5-11,17,19H,4H2,1-3H3. The van der Waals surface area contributed by atoms with E-state index in [1.165, 1.54) is 0 Å².